The van der Waals surface area contributed by atoms with E-state index in [-0.39, 0.29) is 18.0 Å². The number of rotatable bonds is 3. The Balaban J connectivity index is 2.21. The molecule has 0 saturated heterocycles. The lowest BCUT2D eigenvalue weighted by Crippen LogP contribution is -2.04. The predicted molar refractivity (Wildman–Crippen MR) is 74.2 cm³/mol. The van der Waals surface area contributed by atoms with Crippen LogP contribution < -0.4 is 5.32 Å². The van der Waals surface area contributed by atoms with E-state index in [1.807, 2.05) is 6.92 Å². The van der Waals surface area contributed by atoms with Crippen LogP contribution in [0.3, 0.4) is 0 Å². The van der Waals surface area contributed by atoms with Crippen molar-refractivity contribution in [2.75, 3.05) is 5.32 Å². The first-order valence-corrected chi connectivity index (χ1v) is 6.43. The first-order chi connectivity index (χ1) is 8.97. The summed E-state index contributed by atoms with van der Waals surface area (Å²) >= 11 is 3.02. The molecule has 5 heteroatoms. The summed E-state index contributed by atoms with van der Waals surface area (Å²) in [5, 5.41) is 12.3. The highest BCUT2D eigenvalue weighted by Gasteiger charge is 2.11. The average molecular weight is 328 g/mol. The molecule has 0 heterocycles. The number of aryl methyl sites for hydroxylation is 1. The van der Waals surface area contributed by atoms with E-state index in [4.69, 9.17) is 0 Å². The van der Waals surface area contributed by atoms with Crippen molar-refractivity contribution in [1.29, 1.82) is 0 Å². The smallest absolute Gasteiger partial charge is 0.150 e. The summed E-state index contributed by atoms with van der Waals surface area (Å²) in [6.07, 6.45) is 0. The third-order valence-corrected chi connectivity index (χ3v) is 3.16. The fourth-order valence-electron chi connectivity index (χ4n) is 1.75. The van der Waals surface area contributed by atoms with Crippen molar-refractivity contribution in [1.82, 2.24) is 0 Å². The van der Waals surface area contributed by atoms with Gasteiger partial charge in [0.2, 0.25) is 0 Å². The molecule has 0 atom stereocenters. The van der Waals surface area contributed by atoms with Crippen LogP contribution in [0.25, 0.3) is 0 Å². The van der Waals surface area contributed by atoms with Gasteiger partial charge in [-0.2, -0.15) is 0 Å². The van der Waals surface area contributed by atoms with Crippen molar-refractivity contribution < 1.29 is 13.9 Å². The number of halogens is 3. The topological polar surface area (TPSA) is 32.3 Å². The molecular weight excluding hydrogens is 316 g/mol. The third-order valence-electron chi connectivity index (χ3n) is 2.70. The summed E-state index contributed by atoms with van der Waals surface area (Å²) in [4.78, 5) is 0. The Bertz CT molecular complexity index is 593. The van der Waals surface area contributed by atoms with E-state index in [0.29, 0.717) is 10.0 Å². The predicted octanol–water partition coefficient (Wildman–Crippen LogP) is 4.35. The molecule has 2 nitrogen and oxygen atoms in total. The summed E-state index contributed by atoms with van der Waals surface area (Å²) in [6, 6.07) is 7.44. The van der Waals surface area contributed by atoms with Crippen LogP contribution in [-0.4, -0.2) is 5.11 Å². The van der Waals surface area contributed by atoms with E-state index < -0.39 is 11.6 Å². The molecule has 2 N–H and O–H groups in total. The minimum Gasteiger partial charge on any atom is -0.508 e. The van der Waals surface area contributed by atoms with Crippen LogP contribution >= 0.6 is 15.9 Å². The van der Waals surface area contributed by atoms with Gasteiger partial charge in [-0.3, -0.25) is 0 Å². The lowest BCUT2D eigenvalue weighted by atomic mass is 10.1. The SMILES string of the molecule is Cc1ccc(O)c(CNc2c(F)cc(Br)cc2F)c1. The molecule has 19 heavy (non-hydrogen) atoms. The van der Waals surface area contributed by atoms with Gasteiger partial charge in [0.05, 0.1) is 0 Å². The van der Waals surface area contributed by atoms with E-state index in [1.165, 1.54) is 12.1 Å². The molecule has 0 aliphatic rings. The van der Waals surface area contributed by atoms with Gasteiger partial charge >= 0.3 is 0 Å². The van der Waals surface area contributed by atoms with Crippen LogP contribution in [0, 0.1) is 18.6 Å². The van der Waals surface area contributed by atoms with Crippen LogP contribution in [0.1, 0.15) is 11.1 Å². The zero-order valence-electron chi connectivity index (χ0n) is 10.2. The van der Waals surface area contributed by atoms with Crippen molar-refractivity contribution in [2.45, 2.75) is 13.5 Å². The zero-order valence-corrected chi connectivity index (χ0v) is 11.8. The molecule has 100 valence electrons. The summed E-state index contributed by atoms with van der Waals surface area (Å²) < 4.78 is 27.5. The van der Waals surface area contributed by atoms with Gasteiger partial charge in [0.15, 0.2) is 0 Å². The first kappa shape index (κ1) is 13.8. The number of phenols is 1. The van der Waals surface area contributed by atoms with Crippen molar-refractivity contribution in [3.63, 3.8) is 0 Å². The Hall–Kier alpha value is -1.62. The molecule has 2 rings (SSSR count). The van der Waals surface area contributed by atoms with E-state index in [9.17, 15) is 13.9 Å². The molecule has 0 spiro atoms. The van der Waals surface area contributed by atoms with Gasteiger partial charge in [0.1, 0.15) is 23.1 Å². The van der Waals surface area contributed by atoms with Crippen molar-refractivity contribution >= 4 is 21.6 Å². The molecule has 0 aliphatic carbocycles. The number of hydrogen-bond acceptors (Lipinski definition) is 2. The van der Waals surface area contributed by atoms with Crippen LogP contribution in [-0.2, 0) is 6.54 Å². The summed E-state index contributed by atoms with van der Waals surface area (Å²) in [5.41, 5.74) is 1.34. The summed E-state index contributed by atoms with van der Waals surface area (Å²) in [5.74, 6) is -1.27. The zero-order chi connectivity index (χ0) is 14.0. The Morgan fingerprint density at radius 2 is 1.79 bits per heavy atom. The minimum atomic E-state index is -0.681. The maximum Gasteiger partial charge on any atom is 0.150 e. The van der Waals surface area contributed by atoms with E-state index in [2.05, 4.69) is 21.2 Å². The summed E-state index contributed by atoms with van der Waals surface area (Å²) in [6.45, 7) is 2.02. The lowest BCUT2D eigenvalue weighted by molar-refractivity contribution is 0.468. The monoisotopic (exact) mass is 327 g/mol. The molecule has 0 aliphatic heterocycles. The molecule has 0 unspecified atom stereocenters. The molecule has 0 saturated carbocycles. The second-order valence-electron chi connectivity index (χ2n) is 4.23. The fourth-order valence-corrected chi connectivity index (χ4v) is 2.15. The summed E-state index contributed by atoms with van der Waals surface area (Å²) in [7, 11) is 0. The van der Waals surface area contributed by atoms with Crippen LogP contribution in [0.2, 0.25) is 0 Å². The molecular formula is C14H12BrF2NO. The molecule has 0 bridgehead atoms. The highest BCUT2D eigenvalue weighted by atomic mass is 79.9. The second-order valence-corrected chi connectivity index (χ2v) is 5.15. The van der Waals surface area contributed by atoms with Gasteiger partial charge in [-0.15, -0.1) is 0 Å². The normalized spacial score (nSPS) is 10.5. The highest BCUT2D eigenvalue weighted by Crippen LogP contribution is 2.25. The molecule has 2 aromatic carbocycles. The van der Waals surface area contributed by atoms with Gasteiger partial charge in [0, 0.05) is 16.6 Å². The number of benzene rings is 2. The van der Waals surface area contributed by atoms with Gasteiger partial charge in [-0.25, -0.2) is 8.78 Å². The van der Waals surface area contributed by atoms with Crippen molar-refractivity contribution in [3.8, 4) is 5.75 Å². The maximum absolute atomic E-state index is 13.6. The van der Waals surface area contributed by atoms with Gasteiger partial charge in [-0.1, -0.05) is 33.6 Å². The standard InChI is InChI=1S/C14H12BrF2NO/c1-8-2-3-13(19)9(4-8)7-18-14-11(16)5-10(15)6-12(14)17/h2-6,18-19H,7H2,1H3. The molecule has 0 fully saturated rings. The molecule has 0 amide bonds. The quantitative estimate of drug-likeness (QED) is 0.878. The van der Waals surface area contributed by atoms with Crippen LogP contribution in [0.15, 0.2) is 34.8 Å². The van der Waals surface area contributed by atoms with Crippen LogP contribution in [0.4, 0.5) is 14.5 Å². The highest BCUT2D eigenvalue weighted by molar-refractivity contribution is 9.10. The number of aromatic hydroxyl groups is 1. The van der Waals surface area contributed by atoms with E-state index in [1.54, 1.807) is 18.2 Å². The van der Waals surface area contributed by atoms with Crippen molar-refractivity contribution in [2.24, 2.45) is 0 Å². The molecule has 2 aromatic rings. The second kappa shape index (κ2) is 5.57. The Morgan fingerprint density at radius 3 is 2.42 bits per heavy atom. The van der Waals surface area contributed by atoms with Gasteiger partial charge in [-0.05, 0) is 25.1 Å². The van der Waals surface area contributed by atoms with E-state index >= 15 is 0 Å². The average Bonchev–Trinajstić information content (AvgIpc) is 2.32. The minimum absolute atomic E-state index is 0.0935. The number of hydrogen-bond donors (Lipinski definition) is 2. The number of anilines is 1. The number of nitrogens with one attached hydrogen (secondary N) is 1. The van der Waals surface area contributed by atoms with E-state index in [0.717, 1.165) is 5.56 Å². The van der Waals surface area contributed by atoms with Crippen LogP contribution in [0.5, 0.6) is 5.75 Å². The fraction of sp³-hybridized carbons (Fsp3) is 0.143. The van der Waals surface area contributed by atoms with Crippen molar-refractivity contribution in [3.05, 3.63) is 57.6 Å². The third kappa shape index (κ3) is 3.23. The molecule has 0 radical (unpaired) electrons. The first-order valence-electron chi connectivity index (χ1n) is 5.64. The Kier molecular flexibility index (Phi) is 4.04. The maximum atomic E-state index is 13.6. The Morgan fingerprint density at radius 1 is 1.16 bits per heavy atom. The van der Waals surface area contributed by atoms with Gasteiger partial charge in [0.25, 0.3) is 0 Å². The lowest BCUT2D eigenvalue weighted by Gasteiger charge is -2.11. The number of phenolic OH excluding ortho intramolecular Hbond substituents is 1. The largest absolute Gasteiger partial charge is 0.508 e. The Labute approximate surface area is 118 Å². The molecule has 0 aromatic heterocycles. The van der Waals surface area contributed by atoms with Gasteiger partial charge < -0.3 is 10.4 Å².